The average Bonchev–Trinajstić information content (AvgIpc) is 2.29. The number of nitrogens with zero attached hydrogens (tertiary/aromatic N) is 1. The maximum Gasteiger partial charge on any atom is 0.252 e. The molecule has 0 atom stereocenters. The summed E-state index contributed by atoms with van der Waals surface area (Å²) in [5.41, 5.74) is 0.486. The molecular weight excluding hydrogens is 320 g/mol. The number of nitrogens with one attached hydrogen (secondary N) is 1. The van der Waals surface area contributed by atoms with Crippen LogP contribution in [0.2, 0.25) is 0 Å². The Balaban J connectivity index is 2.56. The summed E-state index contributed by atoms with van der Waals surface area (Å²) in [7, 11) is -0.353. The fourth-order valence-corrected chi connectivity index (χ4v) is 2.41. The van der Waals surface area contributed by atoms with Crippen molar-refractivity contribution in [2.75, 3.05) is 26.4 Å². The third kappa shape index (κ3) is 4.08. The Labute approximate surface area is 115 Å². The monoisotopic (exact) mass is 334 g/mol. The largest absolute Gasteiger partial charge is 0.351 e. The molecule has 1 N–H and O–H groups in total. The SMILES string of the molecule is CN(C)S(=O)(=O)CCNC(=O)c1ccccc1Br. The van der Waals surface area contributed by atoms with E-state index in [9.17, 15) is 13.2 Å². The molecule has 0 unspecified atom stereocenters. The van der Waals surface area contributed by atoms with E-state index in [0.717, 1.165) is 4.31 Å². The summed E-state index contributed by atoms with van der Waals surface area (Å²) in [5, 5.41) is 2.58. The van der Waals surface area contributed by atoms with Gasteiger partial charge in [-0.1, -0.05) is 12.1 Å². The van der Waals surface area contributed by atoms with Gasteiger partial charge in [0.05, 0.1) is 11.3 Å². The van der Waals surface area contributed by atoms with Gasteiger partial charge < -0.3 is 5.32 Å². The van der Waals surface area contributed by atoms with E-state index in [0.29, 0.717) is 10.0 Å². The summed E-state index contributed by atoms with van der Waals surface area (Å²) in [6.45, 7) is 0.0840. The maximum absolute atomic E-state index is 11.8. The van der Waals surface area contributed by atoms with E-state index in [4.69, 9.17) is 0 Å². The molecule has 0 aliphatic carbocycles. The van der Waals surface area contributed by atoms with Crippen molar-refractivity contribution in [3.05, 3.63) is 34.3 Å². The molecule has 0 saturated carbocycles. The highest BCUT2D eigenvalue weighted by molar-refractivity contribution is 9.10. The van der Waals surface area contributed by atoms with E-state index in [1.807, 2.05) is 0 Å². The lowest BCUT2D eigenvalue weighted by molar-refractivity contribution is 0.0955. The predicted molar refractivity (Wildman–Crippen MR) is 73.9 cm³/mol. The topological polar surface area (TPSA) is 66.5 Å². The van der Waals surface area contributed by atoms with Gasteiger partial charge in [0.2, 0.25) is 10.0 Å². The molecule has 1 aromatic rings. The van der Waals surface area contributed by atoms with Gasteiger partial charge in [0.25, 0.3) is 5.91 Å². The number of amides is 1. The Morgan fingerprint density at radius 1 is 1.33 bits per heavy atom. The maximum atomic E-state index is 11.8. The van der Waals surface area contributed by atoms with Crippen molar-refractivity contribution >= 4 is 31.9 Å². The van der Waals surface area contributed by atoms with Crippen LogP contribution in [0, 0.1) is 0 Å². The molecule has 5 nitrogen and oxygen atoms in total. The van der Waals surface area contributed by atoms with Crippen molar-refractivity contribution in [1.29, 1.82) is 0 Å². The van der Waals surface area contributed by atoms with E-state index >= 15 is 0 Å². The molecule has 0 aromatic heterocycles. The summed E-state index contributed by atoms with van der Waals surface area (Å²) >= 11 is 3.26. The first kappa shape index (κ1) is 15.1. The van der Waals surface area contributed by atoms with Crippen molar-refractivity contribution in [2.24, 2.45) is 0 Å². The number of rotatable bonds is 5. The van der Waals surface area contributed by atoms with Gasteiger partial charge in [0.15, 0.2) is 0 Å². The number of hydrogen-bond donors (Lipinski definition) is 1. The quantitative estimate of drug-likeness (QED) is 0.875. The number of carbonyl (C=O) groups is 1. The van der Waals surface area contributed by atoms with E-state index in [1.54, 1.807) is 24.3 Å². The number of benzene rings is 1. The summed E-state index contributed by atoms with van der Waals surface area (Å²) in [4.78, 5) is 11.8. The smallest absolute Gasteiger partial charge is 0.252 e. The first-order chi connectivity index (χ1) is 8.34. The molecule has 0 radical (unpaired) electrons. The van der Waals surface area contributed by atoms with Gasteiger partial charge in [0, 0.05) is 25.1 Å². The van der Waals surface area contributed by atoms with Crippen LogP contribution in [-0.4, -0.2) is 45.0 Å². The minimum absolute atomic E-state index is 0.0840. The second kappa shape index (κ2) is 6.31. The molecular formula is C11H15BrN2O3S. The zero-order chi connectivity index (χ0) is 13.8. The highest BCUT2D eigenvalue weighted by atomic mass is 79.9. The lowest BCUT2D eigenvalue weighted by atomic mass is 10.2. The highest BCUT2D eigenvalue weighted by Gasteiger charge is 2.14. The van der Waals surface area contributed by atoms with Gasteiger partial charge in [-0.05, 0) is 28.1 Å². The molecule has 1 amide bonds. The third-order valence-corrected chi connectivity index (χ3v) is 4.84. The number of hydrogen-bond acceptors (Lipinski definition) is 3. The lowest BCUT2D eigenvalue weighted by Crippen LogP contribution is -2.34. The second-order valence-corrected chi connectivity index (χ2v) is 6.99. The van der Waals surface area contributed by atoms with Crippen molar-refractivity contribution in [3.8, 4) is 0 Å². The number of halogens is 1. The van der Waals surface area contributed by atoms with Crippen LogP contribution in [0.25, 0.3) is 0 Å². The van der Waals surface area contributed by atoms with E-state index in [-0.39, 0.29) is 18.2 Å². The molecule has 0 heterocycles. The molecule has 0 bridgehead atoms. The molecule has 1 rings (SSSR count). The van der Waals surface area contributed by atoms with Crippen LogP contribution in [0.3, 0.4) is 0 Å². The average molecular weight is 335 g/mol. The minimum atomic E-state index is -3.28. The molecule has 18 heavy (non-hydrogen) atoms. The molecule has 0 aliphatic rings. The molecule has 7 heteroatoms. The zero-order valence-electron chi connectivity index (χ0n) is 10.2. The molecule has 0 fully saturated rings. The summed E-state index contributed by atoms with van der Waals surface area (Å²) in [6.07, 6.45) is 0. The summed E-state index contributed by atoms with van der Waals surface area (Å²) < 4.78 is 24.8. The molecule has 0 spiro atoms. The molecule has 100 valence electrons. The van der Waals surface area contributed by atoms with Crippen LogP contribution in [0.4, 0.5) is 0 Å². The van der Waals surface area contributed by atoms with Crippen molar-refractivity contribution in [2.45, 2.75) is 0 Å². The Hall–Kier alpha value is -0.920. The molecule has 1 aromatic carbocycles. The second-order valence-electron chi connectivity index (χ2n) is 3.83. The van der Waals surface area contributed by atoms with E-state index in [2.05, 4.69) is 21.2 Å². The summed E-state index contributed by atoms with van der Waals surface area (Å²) in [6, 6.07) is 6.97. The Kier molecular flexibility index (Phi) is 5.30. The number of carbonyl (C=O) groups excluding carboxylic acids is 1. The van der Waals surface area contributed by atoms with Crippen LogP contribution in [0.1, 0.15) is 10.4 Å². The van der Waals surface area contributed by atoms with E-state index in [1.165, 1.54) is 14.1 Å². The standard InChI is InChI=1S/C11H15BrN2O3S/c1-14(2)18(16,17)8-7-13-11(15)9-5-3-4-6-10(9)12/h3-6H,7-8H2,1-2H3,(H,13,15). The highest BCUT2D eigenvalue weighted by Crippen LogP contribution is 2.15. The van der Waals surface area contributed by atoms with Crippen LogP contribution in [0.5, 0.6) is 0 Å². The fourth-order valence-electron chi connectivity index (χ4n) is 1.22. The van der Waals surface area contributed by atoms with Gasteiger partial charge >= 0.3 is 0 Å². The van der Waals surface area contributed by atoms with Gasteiger partial charge in [-0.2, -0.15) is 0 Å². The van der Waals surface area contributed by atoms with Crippen molar-refractivity contribution in [3.63, 3.8) is 0 Å². The van der Waals surface area contributed by atoms with Crippen molar-refractivity contribution < 1.29 is 13.2 Å². The Bertz CT molecular complexity index is 529. The fraction of sp³-hybridized carbons (Fsp3) is 0.364. The normalized spacial score (nSPS) is 11.6. The third-order valence-electron chi connectivity index (χ3n) is 2.32. The Morgan fingerprint density at radius 2 is 1.94 bits per heavy atom. The first-order valence-electron chi connectivity index (χ1n) is 5.27. The number of sulfonamides is 1. The van der Waals surface area contributed by atoms with Crippen LogP contribution in [0.15, 0.2) is 28.7 Å². The molecule has 0 saturated heterocycles. The van der Waals surface area contributed by atoms with Gasteiger partial charge in [0.1, 0.15) is 0 Å². The summed E-state index contributed by atoms with van der Waals surface area (Å²) in [5.74, 6) is -0.410. The van der Waals surface area contributed by atoms with Gasteiger partial charge in [-0.3, -0.25) is 4.79 Å². The van der Waals surface area contributed by atoms with Gasteiger partial charge in [-0.15, -0.1) is 0 Å². The van der Waals surface area contributed by atoms with Crippen LogP contribution >= 0.6 is 15.9 Å². The van der Waals surface area contributed by atoms with Gasteiger partial charge in [-0.25, -0.2) is 12.7 Å². The lowest BCUT2D eigenvalue weighted by Gasteiger charge is -2.11. The Morgan fingerprint density at radius 3 is 2.50 bits per heavy atom. The predicted octanol–water partition coefficient (Wildman–Crippen LogP) is 1.07. The first-order valence-corrected chi connectivity index (χ1v) is 7.68. The zero-order valence-corrected chi connectivity index (χ0v) is 12.6. The van der Waals surface area contributed by atoms with Crippen LogP contribution in [-0.2, 0) is 10.0 Å². The molecule has 0 aliphatic heterocycles. The van der Waals surface area contributed by atoms with E-state index < -0.39 is 10.0 Å². The van der Waals surface area contributed by atoms with Crippen LogP contribution < -0.4 is 5.32 Å². The van der Waals surface area contributed by atoms with Crippen molar-refractivity contribution in [1.82, 2.24) is 9.62 Å². The minimum Gasteiger partial charge on any atom is -0.351 e.